The van der Waals surface area contributed by atoms with Crippen molar-refractivity contribution >= 4 is 45.6 Å². The molecule has 0 aliphatic heterocycles. The van der Waals surface area contributed by atoms with E-state index in [1.807, 2.05) is 12.1 Å². The number of nitrogens with zero attached hydrogens (tertiary/aromatic N) is 4. The maximum Gasteiger partial charge on any atom is 0.0991 e. The van der Waals surface area contributed by atoms with Gasteiger partial charge in [0.1, 0.15) is 0 Å². The van der Waals surface area contributed by atoms with Crippen LogP contribution in [0.3, 0.4) is 0 Å². The van der Waals surface area contributed by atoms with Crippen molar-refractivity contribution in [1.29, 1.82) is 5.26 Å². The summed E-state index contributed by atoms with van der Waals surface area (Å²) in [5.74, 6) is 0. The van der Waals surface area contributed by atoms with Gasteiger partial charge in [-0.2, -0.15) is 5.26 Å². The fraction of sp³-hybridized carbons (Fsp3) is 0.280. The molecule has 1 heterocycles. The van der Waals surface area contributed by atoms with Crippen molar-refractivity contribution in [2.45, 2.75) is 53.4 Å². The fourth-order valence-electron chi connectivity index (χ4n) is 8.21. The number of hydrogen-bond donors (Lipinski definition) is 0. The van der Waals surface area contributed by atoms with Crippen molar-refractivity contribution in [3.05, 3.63) is 148 Å². The van der Waals surface area contributed by atoms with Crippen LogP contribution < -0.4 is 9.80 Å². The Balaban J connectivity index is 1.30. The van der Waals surface area contributed by atoms with E-state index < -0.39 is 0 Å². The number of benzene rings is 4. The van der Waals surface area contributed by atoms with Crippen LogP contribution in [0, 0.1) is 22.2 Å². The number of allylic oxidation sites excluding steroid dienone is 6. The highest BCUT2D eigenvalue weighted by atomic mass is 15.1. The van der Waals surface area contributed by atoms with Gasteiger partial charge >= 0.3 is 0 Å². The SMILES string of the molecule is CN(C)c1ccc(C2=CC(=Cc3ccc4nc(C=C5C=C(c6ccc(N(C)C)cc6)CC(C)(C)C5)cc(-c5ccc(C#N)cc5)c4c3)CC(C)(C)C2)cc1. The van der Waals surface area contributed by atoms with Gasteiger partial charge in [-0.15, -0.1) is 0 Å². The van der Waals surface area contributed by atoms with E-state index >= 15 is 0 Å². The van der Waals surface area contributed by atoms with Gasteiger partial charge in [-0.3, -0.25) is 0 Å². The predicted molar refractivity (Wildman–Crippen MR) is 231 cm³/mol. The van der Waals surface area contributed by atoms with Gasteiger partial charge in [-0.05, 0) is 147 Å². The van der Waals surface area contributed by atoms with Gasteiger partial charge < -0.3 is 9.80 Å². The molecular weight excluding hydrogens is 657 g/mol. The first-order chi connectivity index (χ1) is 25.7. The van der Waals surface area contributed by atoms with Crippen LogP contribution >= 0.6 is 0 Å². The molecule has 0 saturated carbocycles. The molecule has 7 rings (SSSR count). The van der Waals surface area contributed by atoms with E-state index in [2.05, 4.69) is 181 Å². The minimum atomic E-state index is 0.128. The number of aromatic nitrogens is 1. The van der Waals surface area contributed by atoms with Gasteiger partial charge in [-0.25, -0.2) is 4.98 Å². The molecule has 272 valence electrons. The summed E-state index contributed by atoms with van der Waals surface area (Å²) in [6, 6.07) is 37.0. The number of fused-ring (bicyclic) bond motifs is 1. The molecule has 0 atom stereocenters. The largest absolute Gasteiger partial charge is 0.378 e. The molecule has 4 heteroatoms. The first-order valence-corrected chi connectivity index (χ1v) is 19.1. The lowest BCUT2D eigenvalue weighted by Crippen LogP contribution is -2.17. The molecule has 2 aliphatic carbocycles. The highest BCUT2D eigenvalue weighted by Gasteiger charge is 2.28. The summed E-state index contributed by atoms with van der Waals surface area (Å²) in [7, 11) is 8.33. The summed E-state index contributed by atoms with van der Waals surface area (Å²) >= 11 is 0. The third-order valence-corrected chi connectivity index (χ3v) is 10.8. The quantitative estimate of drug-likeness (QED) is 0.169. The van der Waals surface area contributed by atoms with E-state index in [0.717, 1.165) is 53.4 Å². The third-order valence-electron chi connectivity index (χ3n) is 10.8. The molecule has 0 bridgehead atoms. The average molecular weight is 709 g/mol. The second-order valence-corrected chi connectivity index (χ2v) is 17.3. The molecule has 5 aromatic rings. The zero-order valence-corrected chi connectivity index (χ0v) is 33.2. The van der Waals surface area contributed by atoms with Gasteiger partial charge in [0.25, 0.3) is 0 Å². The Kier molecular flexibility index (Phi) is 9.94. The van der Waals surface area contributed by atoms with Gasteiger partial charge in [0.2, 0.25) is 0 Å². The monoisotopic (exact) mass is 708 g/mol. The second kappa shape index (κ2) is 14.6. The summed E-state index contributed by atoms with van der Waals surface area (Å²) < 4.78 is 0. The minimum Gasteiger partial charge on any atom is -0.378 e. The molecule has 0 radical (unpaired) electrons. The fourth-order valence-corrected chi connectivity index (χ4v) is 8.21. The van der Waals surface area contributed by atoms with Crippen LogP contribution in [-0.4, -0.2) is 33.2 Å². The topological polar surface area (TPSA) is 43.2 Å². The average Bonchev–Trinajstić information content (AvgIpc) is 3.13. The zero-order chi connectivity index (χ0) is 38.2. The van der Waals surface area contributed by atoms with E-state index in [-0.39, 0.29) is 10.8 Å². The smallest absolute Gasteiger partial charge is 0.0991 e. The lowest BCUT2D eigenvalue weighted by molar-refractivity contribution is 0.370. The van der Waals surface area contributed by atoms with E-state index in [9.17, 15) is 5.26 Å². The molecule has 1 aromatic heterocycles. The second-order valence-electron chi connectivity index (χ2n) is 17.3. The molecule has 54 heavy (non-hydrogen) atoms. The number of hydrogen-bond acceptors (Lipinski definition) is 4. The molecule has 0 spiro atoms. The number of rotatable bonds is 7. The Morgan fingerprint density at radius 3 is 1.59 bits per heavy atom. The highest BCUT2D eigenvalue weighted by Crippen LogP contribution is 2.44. The van der Waals surface area contributed by atoms with Crippen molar-refractivity contribution < 1.29 is 0 Å². The lowest BCUT2D eigenvalue weighted by Gasteiger charge is -2.32. The van der Waals surface area contributed by atoms with E-state index in [4.69, 9.17) is 4.98 Å². The Morgan fingerprint density at radius 1 is 0.593 bits per heavy atom. The first-order valence-electron chi connectivity index (χ1n) is 19.1. The highest BCUT2D eigenvalue weighted by molar-refractivity contribution is 5.97. The van der Waals surface area contributed by atoms with Crippen molar-refractivity contribution in [1.82, 2.24) is 4.98 Å². The standard InChI is InChI=1S/C50H52N4/c1-49(2)29-36(24-41(31-49)38-14-18-44(19-15-38)53(5)6)23-35-11-22-48-47(27-35)46(40-12-9-34(33-51)10-13-40)28-43(52-48)26-37-25-42(32-50(3,4)30-37)39-16-20-45(21-17-39)54(7)8/h9-28H,29-32H2,1-8H3. The van der Waals surface area contributed by atoms with Gasteiger partial charge in [0.05, 0.1) is 22.8 Å². The van der Waals surface area contributed by atoms with Crippen LogP contribution in [0.5, 0.6) is 0 Å². The van der Waals surface area contributed by atoms with Crippen LogP contribution in [0.25, 0.3) is 45.3 Å². The summed E-state index contributed by atoms with van der Waals surface area (Å²) in [5.41, 5.74) is 16.6. The van der Waals surface area contributed by atoms with E-state index in [1.165, 1.54) is 50.4 Å². The molecule has 0 amide bonds. The normalized spacial score (nSPS) is 17.9. The number of nitriles is 1. The van der Waals surface area contributed by atoms with Crippen molar-refractivity contribution in [2.75, 3.05) is 38.0 Å². The lowest BCUT2D eigenvalue weighted by atomic mass is 9.73. The summed E-state index contributed by atoms with van der Waals surface area (Å²) in [6.45, 7) is 9.47. The van der Waals surface area contributed by atoms with Crippen LogP contribution in [0.15, 0.2) is 120 Å². The van der Waals surface area contributed by atoms with Crippen molar-refractivity contribution in [3.8, 4) is 17.2 Å². The third kappa shape index (κ3) is 8.27. The molecule has 2 aliphatic rings. The maximum absolute atomic E-state index is 9.55. The van der Waals surface area contributed by atoms with Crippen molar-refractivity contribution in [3.63, 3.8) is 0 Å². The van der Waals surface area contributed by atoms with E-state index in [1.54, 1.807) is 0 Å². The zero-order valence-electron chi connectivity index (χ0n) is 33.2. The number of pyridine rings is 1. The summed E-state index contributed by atoms with van der Waals surface area (Å²) in [4.78, 5) is 9.53. The minimum absolute atomic E-state index is 0.128. The Labute approximate surface area is 322 Å². The van der Waals surface area contributed by atoms with Crippen LogP contribution in [0.1, 0.15) is 81.3 Å². The number of anilines is 2. The Hall–Kier alpha value is -5.66. The van der Waals surface area contributed by atoms with Gasteiger partial charge in [-0.1, -0.05) is 88.4 Å². The molecule has 4 aromatic carbocycles. The van der Waals surface area contributed by atoms with Crippen LogP contribution in [0.2, 0.25) is 0 Å². The molecule has 0 fully saturated rings. The summed E-state index contributed by atoms with van der Waals surface area (Å²) in [6.07, 6.45) is 13.5. The molecule has 4 nitrogen and oxygen atoms in total. The van der Waals surface area contributed by atoms with Gasteiger partial charge in [0.15, 0.2) is 0 Å². The van der Waals surface area contributed by atoms with Crippen molar-refractivity contribution in [2.24, 2.45) is 10.8 Å². The summed E-state index contributed by atoms with van der Waals surface area (Å²) in [5, 5.41) is 10.7. The molecular formula is C50H52N4. The Morgan fingerprint density at radius 2 is 1.09 bits per heavy atom. The van der Waals surface area contributed by atoms with E-state index in [0.29, 0.717) is 5.56 Å². The van der Waals surface area contributed by atoms with Gasteiger partial charge in [0, 0.05) is 45.0 Å². The maximum atomic E-state index is 9.55. The molecule has 0 N–H and O–H groups in total. The predicted octanol–water partition coefficient (Wildman–Crippen LogP) is 12.5. The van der Waals surface area contributed by atoms with Crippen LogP contribution in [-0.2, 0) is 0 Å². The molecule has 0 unspecified atom stereocenters. The Bertz CT molecular complexity index is 2360. The van der Waals surface area contributed by atoms with Crippen LogP contribution in [0.4, 0.5) is 11.4 Å². The molecule has 0 saturated heterocycles. The first kappa shape index (κ1) is 36.7.